The van der Waals surface area contributed by atoms with Crippen molar-refractivity contribution in [3.63, 3.8) is 0 Å². The fraction of sp³-hybridized carbons (Fsp3) is 0.511. The molecule has 4 aromatic rings. The lowest BCUT2D eigenvalue weighted by molar-refractivity contribution is -0.141. The molecule has 2 saturated carbocycles. The molecule has 8 rings (SSSR count). The minimum Gasteiger partial charge on any atom is -0.497 e. The van der Waals surface area contributed by atoms with Crippen molar-refractivity contribution >= 4 is 55.9 Å². The second kappa shape index (κ2) is 16.2. The van der Waals surface area contributed by atoms with Crippen LogP contribution < -0.4 is 24.8 Å². The molecule has 16 nitrogen and oxygen atoms in total. The molecule has 3 fully saturated rings. The molecule has 62 heavy (non-hydrogen) atoms. The molecule has 1 saturated heterocycles. The number of furan rings is 1. The Morgan fingerprint density at radius 3 is 2.47 bits per heavy atom. The molecule has 0 spiro atoms. The van der Waals surface area contributed by atoms with Gasteiger partial charge in [-0.1, -0.05) is 70.0 Å². The first-order chi connectivity index (χ1) is 29.4. The molecule has 2 aromatic carbocycles. The zero-order valence-corrected chi connectivity index (χ0v) is 36.7. The van der Waals surface area contributed by atoms with Crippen molar-refractivity contribution in [2.24, 2.45) is 5.92 Å². The number of aromatic nitrogens is 2. The Morgan fingerprint density at radius 1 is 1.02 bits per heavy atom. The van der Waals surface area contributed by atoms with Crippen molar-refractivity contribution in [1.82, 2.24) is 30.2 Å². The van der Waals surface area contributed by atoms with Crippen LogP contribution in [0.1, 0.15) is 91.0 Å². The zero-order chi connectivity index (χ0) is 44.2. The average Bonchev–Trinajstić information content (AvgIpc) is 4.06. The van der Waals surface area contributed by atoms with E-state index >= 15 is 0 Å². The Hall–Kier alpha value is -5.71. The van der Waals surface area contributed by atoms with E-state index in [1.165, 1.54) is 12.0 Å². The van der Waals surface area contributed by atoms with E-state index in [0.29, 0.717) is 53.7 Å². The number of amides is 4. The molecule has 4 aliphatic rings. The highest BCUT2D eigenvalue weighted by Crippen LogP contribution is 2.48. The number of carbonyl (C=O) groups excluding carboxylic acids is 4. The Kier molecular flexibility index (Phi) is 11.2. The van der Waals surface area contributed by atoms with Gasteiger partial charge >= 0.3 is 6.09 Å². The van der Waals surface area contributed by atoms with Crippen LogP contribution in [0, 0.1) is 5.92 Å². The number of hydrogen-bond donors (Lipinski definition) is 3. The van der Waals surface area contributed by atoms with E-state index in [0.717, 1.165) is 24.0 Å². The summed E-state index contributed by atoms with van der Waals surface area (Å²) in [7, 11) is -1.26. The van der Waals surface area contributed by atoms with E-state index in [9.17, 15) is 27.6 Å². The molecular weight excluding hydrogens is 817 g/mol. The van der Waals surface area contributed by atoms with Crippen LogP contribution in [-0.2, 0) is 34.6 Å². The number of nitrogens with one attached hydrogen (secondary N) is 3. The molecule has 5 atom stereocenters. The molecule has 2 aliphatic heterocycles. The minimum absolute atomic E-state index is 0.0355. The third kappa shape index (κ3) is 8.30. The van der Waals surface area contributed by atoms with Crippen LogP contribution in [-0.4, -0.2) is 96.3 Å². The molecule has 4 amide bonds. The number of nitrogens with zero attached hydrogens (tertiary/aromatic N) is 3. The van der Waals surface area contributed by atoms with Gasteiger partial charge in [-0.25, -0.2) is 18.2 Å². The van der Waals surface area contributed by atoms with E-state index in [-0.39, 0.29) is 42.7 Å². The fourth-order valence-corrected chi connectivity index (χ4v) is 9.67. The first kappa shape index (κ1) is 43.0. The molecule has 0 bridgehead atoms. The van der Waals surface area contributed by atoms with Crippen molar-refractivity contribution in [2.45, 2.75) is 119 Å². The van der Waals surface area contributed by atoms with Gasteiger partial charge in [0, 0.05) is 29.4 Å². The maximum atomic E-state index is 14.6. The number of hydrogen-bond acceptors (Lipinski definition) is 12. The van der Waals surface area contributed by atoms with Gasteiger partial charge in [-0.2, -0.15) is 4.98 Å². The topological polar surface area (TPSA) is 208 Å². The first-order valence-corrected chi connectivity index (χ1v) is 22.7. The summed E-state index contributed by atoms with van der Waals surface area (Å²) >= 11 is 0. The average molecular weight is 871 g/mol. The lowest BCUT2D eigenvalue weighted by Crippen LogP contribution is -2.58. The van der Waals surface area contributed by atoms with Crippen LogP contribution in [0.15, 0.2) is 59.0 Å². The van der Waals surface area contributed by atoms with Crippen LogP contribution in [0.5, 0.6) is 11.6 Å². The predicted octanol–water partition coefficient (Wildman–Crippen LogP) is 5.82. The highest BCUT2D eigenvalue weighted by molar-refractivity contribution is 7.91. The lowest BCUT2D eigenvalue weighted by Gasteiger charge is -2.29. The molecule has 0 radical (unpaired) electrons. The number of allylic oxidation sites excluding steroid dienone is 1. The second-order valence-corrected chi connectivity index (χ2v) is 20.4. The normalized spacial score (nSPS) is 25.7. The van der Waals surface area contributed by atoms with Gasteiger partial charge in [-0.05, 0) is 68.6 Å². The van der Waals surface area contributed by atoms with E-state index < -0.39 is 68.2 Å². The van der Waals surface area contributed by atoms with E-state index in [1.807, 2.05) is 42.5 Å². The number of carbonyl (C=O) groups is 4. The maximum absolute atomic E-state index is 14.6. The quantitative estimate of drug-likeness (QED) is 0.179. The Labute approximate surface area is 360 Å². The van der Waals surface area contributed by atoms with E-state index in [4.69, 9.17) is 28.6 Å². The van der Waals surface area contributed by atoms with Crippen molar-refractivity contribution in [2.75, 3.05) is 20.8 Å². The van der Waals surface area contributed by atoms with Gasteiger partial charge in [0.2, 0.25) is 27.4 Å². The van der Waals surface area contributed by atoms with E-state index in [1.54, 1.807) is 26.2 Å². The Morgan fingerprint density at radius 2 is 1.77 bits per heavy atom. The van der Waals surface area contributed by atoms with Crippen LogP contribution in [0.2, 0.25) is 0 Å². The lowest BCUT2D eigenvalue weighted by atomic mass is 9.87. The van der Waals surface area contributed by atoms with Crippen LogP contribution >= 0.6 is 0 Å². The molecule has 330 valence electrons. The number of ether oxygens (including phenoxy) is 3. The zero-order valence-electron chi connectivity index (χ0n) is 35.9. The molecule has 17 heteroatoms. The Bertz CT molecular complexity index is 2560. The molecule has 2 aliphatic carbocycles. The summed E-state index contributed by atoms with van der Waals surface area (Å²) in [6.45, 7) is 7.88. The molecular formula is C45H54N6O10S. The monoisotopic (exact) mass is 870 g/mol. The SMILES string of the molecule is COC(=O)N[C@H]1CCCCC/C=C\[C@@H]2C[C@@]2(C(=O)NS(=O)(=O)C2(C)CC2)NC(=O)[C@@H]2C[C@@H](Oc3nc(-c4ccc(C(C)(C)C)cc4)nc4c3oc3cc(OC)ccc34)CN2C1=O. The molecule has 0 unspecified atom stereocenters. The molecule has 2 aromatic heterocycles. The van der Waals surface area contributed by atoms with Crippen molar-refractivity contribution < 1.29 is 46.2 Å². The minimum atomic E-state index is -4.02. The van der Waals surface area contributed by atoms with Gasteiger partial charge in [0.15, 0.2) is 5.82 Å². The first-order valence-electron chi connectivity index (χ1n) is 21.2. The smallest absolute Gasteiger partial charge is 0.407 e. The number of sulfonamides is 1. The standard InChI is InChI=1S/C45H54N6O10S/c1-43(2,3)27-16-14-26(15-17-27)37-47-35-31-19-18-29(58-5)23-34(31)61-36(35)39(48-37)60-30-22-33-38(52)49-45(41(54)50-62(56,57)44(4)20-21-44)24-28(45)12-10-8-7-9-11-13-32(46-42(55)59-6)40(53)51(33)25-30/h10,12,14-19,23,28,30,32-33H,7-9,11,13,20-22,24-25H2,1-6H3,(H,46,55)(H,49,52)(H,50,54)/b12-10-/t28-,30-,32+,33+,45-/m1/s1. The van der Waals surface area contributed by atoms with Gasteiger partial charge in [0.25, 0.3) is 11.8 Å². The summed E-state index contributed by atoms with van der Waals surface area (Å²) in [5.41, 5.74) is 1.44. The van der Waals surface area contributed by atoms with Crippen LogP contribution in [0.3, 0.4) is 0 Å². The van der Waals surface area contributed by atoms with Gasteiger partial charge in [-0.3, -0.25) is 19.1 Å². The number of rotatable bonds is 8. The summed E-state index contributed by atoms with van der Waals surface area (Å²) in [6, 6.07) is 11.1. The van der Waals surface area contributed by atoms with Crippen molar-refractivity contribution in [1.29, 1.82) is 0 Å². The number of alkyl carbamates (subject to hydrolysis) is 1. The summed E-state index contributed by atoms with van der Waals surface area (Å²) in [5.74, 6) is -1.46. The summed E-state index contributed by atoms with van der Waals surface area (Å²) < 4.78 is 51.1. The second-order valence-electron chi connectivity index (χ2n) is 18.2. The number of methoxy groups -OCH3 is 2. The largest absolute Gasteiger partial charge is 0.497 e. The highest BCUT2D eigenvalue weighted by Gasteiger charge is 2.63. The van der Waals surface area contributed by atoms with Crippen LogP contribution in [0.25, 0.3) is 33.5 Å². The summed E-state index contributed by atoms with van der Waals surface area (Å²) in [5, 5.41) is 6.25. The van der Waals surface area contributed by atoms with Gasteiger partial charge < -0.3 is 34.2 Å². The predicted molar refractivity (Wildman–Crippen MR) is 230 cm³/mol. The van der Waals surface area contributed by atoms with Crippen molar-refractivity contribution in [3.05, 3.63) is 60.2 Å². The van der Waals surface area contributed by atoms with E-state index in [2.05, 4.69) is 36.1 Å². The fourth-order valence-electron chi connectivity index (χ4n) is 8.36. The third-order valence-electron chi connectivity index (χ3n) is 12.7. The van der Waals surface area contributed by atoms with Crippen molar-refractivity contribution in [3.8, 4) is 23.0 Å². The summed E-state index contributed by atoms with van der Waals surface area (Å²) in [4.78, 5) is 66.9. The van der Waals surface area contributed by atoms with Gasteiger partial charge in [0.05, 0.1) is 25.5 Å². The molecule has 3 N–H and O–H groups in total. The van der Waals surface area contributed by atoms with Crippen LogP contribution in [0.4, 0.5) is 4.79 Å². The highest BCUT2D eigenvalue weighted by atomic mass is 32.2. The van der Waals surface area contributed by atoms with Gasteiger partial charge in [0.1, 0.15) is 40.6 Å². The maximum Gasteiger partial charge on any atom is 0.407 e. The number of fused-ring (bicyclic) bond motifs is 5. The van der Waals surface area contributed by atoms with Gasteiger partial charge in [-0.15, -0.1) is 0 Å². The number of benzene rings is 2. The Balaban J connectivity index is 1.16. The summed E-state index contributed by atoms with van der Waals surface area (Å²) in [6.07, 6.45) is 6.21. The third-order valence-corrected chi connectivity index (χ3v) is 14.9. The molecule has 4 heterocycles.